The molecule has 0 aromatic carbocycles. The van der Waals surface area contributed by atoms with Crippen molar-refractivity contribution in [3.63, 3.8) is 0 Å². The van der Waals surface area contributed by atoms with Crippen LogP contribution in [0.5, 0.6) is 0 Å². The summed E-state index contributed by atoms with van der Waals surface area (Å²) in [7, 11) is 0. The minimum absolute atomic E-state index is 0.475. The molecule has 4 aliphatic carbocycles. The predicted molar refractivity (Wildman–Crippen MR) is 112 cm³/mol. The molecule has 2 heteroatoms. The summed E-state index contributed by atoms with van der Waals surface area (Å²) in [6, 6.07) is 0. The van der Waals surface area contributed by atoms with Crippen molar-refractivity contribution in [2.75, 3.05) is 6.79 Å². The standard InChI is InChI=1S/C25H44O2/c1-2-8-24(9-3-1)26-19-27-25-16-13-20(14-17-25)10-11-21-12-15-22-6-4-5-7-23(22)18-21/h20-25H,1-19H2. The minimum atomic E-state index is 0.475. The smallest absolute Gasteiger partial charge is 0.147 e. The van der Waals surface area contributed by atoms with Crippen molar-refractivity contribution >= 4 is 0 Å². The van der Waals surface area contributed by atoms with Crippen LogP contribution in [0.25, 0.3) is 0 Å². The van der Waals surface area contributed by atoms with Crippen molar-refractivity contribution in [1.82, 2.24) is 0 Å². The number of hydrogen-bond donors (Lipinski definition) is 0. The molecule has 4 saturated carbocycles. The summed E-state index contributed by atoms with van der Waals surface area (Å²) < 4.78 is 12.0. The van der Waals surface area contributed by atoms with Crippen LogP contribution < -0.4 is 0 Å². The van der Waals surface area contributed by atoms with Gasteiger partial charge >= 0.3 is 0 Å². The van der Waals surface area contributed by atoms with E-state index >= 15 is 0 Å². The van der Waals surface area contributed by atoms with E-state index in [1.165, 1.54) is 89.9 Å². The average molecular weight is 377 g/mol. The summed E-state index contributed by atoms with van der Waals surface area (Å²) in [6.45, 7) is 0.546. The molecule has 0 aromatic rings. The van der Waals surface area contributed by atoms with Gasteiger partial charge in [0.2, 0.25) is 0 Å². The van der Waals surface area contributed by atoms with Crippen LogP contribution in [0, 0.1) is 23.7 Å². The van der Waals surface area contributed by atoms with E-state index in [1.807, 2.05) is 0 Å². The first-order chi connectivity index (χ1) is 13.4. The Bertz CT molecular complexity index is 409. The third-order valence-electron chi connectivity index (χ3n) is 8.58. The molecule has 0 bridgehead atoms. The van der Waals surface area contributed by atoms with Crippen LogP contribution in [-0.2, 0) is 9.47 Å². The fourth-order valence-electron chi connectivity index (χ4n) is 6.75. The van der Waals surface area contributed by atoms with Crippen molar-refractivity contribution in [3.8, 4) is 0 Å². The zero-order valence-corrected chi connectivity index (χ0v) is 17.7. The third kappa shape index (κ3) is 6.20. The molecule has 0 saturated heterocycles. The van der Waals surface area contributed by atoms with Crippen LogP contribution in [0.1, 0.15) is 116 Å². The number of ether oxygens (including phenoxy) is 2. The molecular weight excluding hydrogens is 332 g/mol. The highest BCUT2D eigenvalue weighted by Gasteiger charge is 2.32. The van der Waals surface area contributed by atoms with Gasteiger partial charge in [0.15, 0.2) is 0 Å². The van der Waals surface area contributed by atoms with E-state index in [0.29, 0.717) is 19.0 Å². The fourth-order valence-corrected chi connectivity index (χ4v) is 6.75. The summed E-state index contributed by atoms with van der Waals surface area (Å²) in [5.41, 5.74) is 0. The fraction of sp³-hybridized carbons (Fsp3) is 1.00. The van der Waals surface area contributed by atoms with E-state index in [4.69, 9.17) is 9.47 Å². The molecular formula is C25H44O2. The van der Waals surface area contributed by atoms with Crippen LogP contribution >= 0.6 is 0 Å². The van der Waals surface area contributed by atoms with Gasteiger partial charge in [0, 0.05) is 0 Å². The van der Waals surface area contributed by atoms with Crippen molar-refractivity contribution in [3.05, 3.63) is 0 Å². The lowest BCUT2D eigenvalue weighted by Crippen LogP contribution is -2.28. The van der Waals surface area contributed by atoms with E-state index in [0.717, 1.165) is 23.7 Å². The Hall–Kier alpha value is -0.0800. The molecule has 0 heterocycles. The largest absolute Gasteiger partial charge is 0.352 e. The number of rotatable bonds is 7. The van der Waals surface area contributed by atoms with E-state index < -0.39 is 0 Å². The Morgan fingerprint density at radius 3 is 1.85 bits per heavy atom. The maximum atomic E-state index is 6.07. The van der Waals surface area contributed by atoms with Gasteiger partial charge in [0.25, 0.3) is 0 Å². The minimum Gasteiger partial charge on any atom is -0.352 e. The summed E-state index contributed by atoms with van der Waals surface area (Å²) in [6.07, 6.45) is 26.7. The lowest BCUT2D eigenvalue weighted by molar-refractivity contribution is -0.133. The van der Waals surface area contributed by atoms with E-state index in [1.54, 1.807) is 25.7 Å². The molecule has 4 fully saturated rings. The second-order valence-electron chi connectivity index (χ2n) is 10.4. The van der Waals surface area contributed by atoms with Crippen molar-refractivity contribution in [2.45, 2.75) is 128 Å². The van der Waals surface area contributed by atoms with Crippen molar-refractivity contribution in [2.24, 2.45) is 23.7 Å². The van der Waals surface area contributed by atoms with Gasteiger partial charge in [0.05, 0.1) is 12.2 Å². The number of hydrogen-bond acceptors (Lipinski definition) is 2. The monoisotopic (exact) mass is 376 g/mol. The second kappa shape index (κ2) is 10.6. The summed E-state index contributed by atoms with van der Waals surface area (Å²) in [4.78, 5) is 0. The molecule has 3 atom stereocenters. The molecule has 3 unspecified atom stereocenters. The summed E-state index contributed by atoms with van der Waals surface area (Å²) >= 11 is 0. The van der Waals surface area contributed by atoms with E-state index in [-0.39, 0.29) is 0 Å². The molecule has 0 amide bonds. The lowest BCUT2D eigenvalue weighted by atomic mass is 9.66. The number of fused-ring (bicyclic) bond motifs is 1. The van der Waals surface area contributed by atoms with E-state index in [9.17, 15) is 0 Å². The third-order valence-corrected chi connectivity index (χ3v) is 8.58. The van der Waals surface area contributed by atoms with Gasteiger partial charge in [0.1, 0.15) is 6.79 Å². The predicted octanol–water partition coefficient (Wildman–Crippen LogP) is 7.26. The van der Waals surface area contributed by atoms with Crippen LogP contribution in [-0.4, -0.2) is 19.0 Å². The Labute approximate surface area is 168 Å². The average Bonchev–Trinajstić information content (AvgIpc) is 2.74. The van der Waals surface area contributed by atoms with Gasteiger partial charge in [-0.2, -0.15) is 0 Å². The van der Waals surface area contributed by atoms with Gasteiger partial charge < -0.3 is 9.47 Å². The second-order valence-corrected chi connectivity index (χ2v) is 10.4. The maximum Gasteiger partial charge on any atom is 0.147 e. The van der Waals surface area contributed by atoms with Gasteiger partial charge in [-0.05, 0) is 75.0 Å². The molecule has 0 radical (unpaired) electrons. The highest BCUT2D eigenvalue weighted by Crippen LogP contribution is 2.44. The van der Waals surface area contributed by atoms with Gasteiger partial charge in [-0.1, -0.05) is 64.2 Å². The highest BCUT2D eigenvalue weighted by molar-refractivity contribution is 4.84. The lowest BCUT2D eigenvalue weighted by Gasteiger charge is -2.40. The Morgan fingerprint density at radius 2 is 1.07 bits per heavy atom. The Morgan fingerprint density at radius 1 is 0.481 bits per heavy atom. The first kappa shape index (κ1) is 20.2. The zero-order chi connectivity index (χ0) is 18.3. The summed E-state index contributed by atoms with van der Waals surface area (Å²) in [5, 5.41) is 0. The Kier molecular flexibility index (Phi) is 7.95. The molecule has 27 heavy (non-hydrogen) atoms. The molecule has 156 valence electrons. The molecule has 0 aliphatic heterocycles. The molecule has 0 N–H and O–H groups in total. The first-order valence-electron chi connectivity index (χ1n) is 12.6. The summed E-state index contributed by atoms with van der Waals surface area (Å²) in [5.74, 6) is 4.25. The molecule has 4 rings (SSSR count). The first-order valence-corrected chi connectivity index (χ1v) is 12.6. The molecule has 0 spiro atoms. The van der Waals surface area contributed by atoms with Gasteiger partial charge in [-0.25, -0.2) is 0 Å². The van der Waals surface area contributed by atoms with Crippen LogP contribution in [0.15, 0.2) is 0 Å². The quantitative estimate of drug-likeness (QED) is 0.435. The van der Waals surface area contributed by atoms with Crippen molar-refractivity contribution < 1.29 is 9.47 Å². The molecule has 4 aliphatic rings. The van der Waals surface area contributed by atoms with Gasteiger partial charge in [-0.3, -0.25) is 0 Å². The van der Waals surface area contributed by atoms with Crippen molar-refractivity contribution in [1.29, 1.82) is 0 Å². The normalized spacial score (nSPS) is 38.4. The topological polar surface area (TPSA) is 18.5 Å². The van der Waals surface area contributed by atoms with E-state index in [2.05, 4.69) is 0 Å². The molecule has 0 aromatic heterocycles. The van der Waals surface area contributed by atoms with Crippen LogP contribution in [0.2, 0.25) is 0 Å². The highest BCUT2D eigenvalue weighted by atomic mass is 16.7. The van der Waals surface area contributed by atoms with Gasteiger partial charge in [-0.15, -0.1) is 0 Å². The zero-order valence-electron chi connectivity index (χ0n) is 17.7. The molecule has 2 nitrogen and oxygen atoms in total. The maximum absolute atomic E-state index is 6.07. The SMILES string of the molecule is C1CCC(OCOC2CCC(CCC3CCC4CCCCC4C3)CC2)CC1. The van der Waals surface area contributed by atoms with Crippen LogP contribution in [0.4, 0.5) is 0 Å². The Balaban J connectivity index is 1.06. The van der Waals surface area contributed by atoms with Crippen LogP contribution in [0.3, 0.4) is 0 Å².